The van der Waals surface area contributed by atoms with E-state index >= 15 is 0 Å². The summed E-state index contributed by atoms with van der Waals surface area (Å²) in [4.78, 5) is 4.49. The number of nitrogens with two attached hydrogens (primary N) is 1. The molecule has 122 valence electrons. The first-order chi connectivity index (χ1) is 11.7. The second-order valence-corrected chi connectivity index (χ2v) is 6.44. The lowest BCUT2D eigenvalue weighted by Crippen LogP contribution is -2.40. The Kier molecular flexibility index (Phi) is 3.82. The average molecular weight is 319 g/mol. The number of nitrogens with one attached hydrogen (secondary N) is 1. The van der Waals surface area contributed by atoms with Crippen LogP contribution in [0.25, 0.3) is 10.9 Å². The van der Waals surface area contributed by atoms with Crippen LogP contribution in [0, 0.1) is 0 Å². The third kappa shape index (κ3) is 2.93. The normalized spacial score (nSPS) is 20.3. The predicted molar refractivity (Wildman–Crippen MR) is 97.1 cm³/mol. The van der Waals surface area contributed by atoms with Gasteiger partial charge in [-0.05, 0) is 30.3 Å². The maximum atomic E-state index is 6.55. The van der Waals surface area contributed by atoms with E-state index in [0.29, 0.717) is 5.82 Å². The molecule has 0 bridgehead atoms. The molecule has 1 aliphatic rings. The molecule has 0 radical (unpaired) electrons. The van der Waals surface area contributed by atoms with E-state index < -0.39 is 0 Å². The van der Waals surface area contributed by atoms with Crippen molar-refractivity contribution in [2.45, 2.75) is 18.4 Å². The number of pyridine rings is 1. The highest BCUT2D eigenvalue weighted by atomic mass is 16.5. The van der Waals surface area contributed by atoms with Crippen molar-refractivity contribution in [2.24, 2.45) is 0 Å². The van der Waals surface area contributed by atoms with Crippen LogP contribution in [0.3, 0.4) is 0 Å². The summed E-state index contributed by atoms with van der Waals surface area (Å²) in [5.41, 5.74) is 7.75. The molecule has 0 aliphatic carbocycles. The second kappa shape index (κ2) is 6.13. The number of nitrogen functional groups attached to an aromatic ring is 1. The number of hydrogen-bond donors (Lipinski definition) is 2. The van der Waals surface area contributed by atoms with Crippen molar-refractivity contribution in [3.63, 3.8) is 0 Å². The van der Waals surface area contributed by atoms with Gasteiger partial charge in [-0.3, -0.25) is 0 Å². The van der Waals surface area contributed by atoms with Crippen LogP contribution in [0.4, 0.5) is 5.82 Å². The first-order valence-corrected chi connectivity index (χ1v) is 8.33. The molecule has 1 fully saturated rings. The first kappa shape index (κ1) is 15.0. The van der Waals surface area contributed by atoms with Gasteiger partial charge in [-0.25, -0.2) is 4.98 Å². The van der Waals surface area contributed by atoms with E-state index in [4.69, 9.17) is 10.5 Å². The molecule has 1 saturated heterocycles. The highest BCUT2D eigenvalue weighted by Gasteiger charge is 2.36. The maximum Gasteiger partial charge on any atom is 0.146 e. The van der Waals surface area contributed by atoms with Gasteiger partial charge in [0.15, 0.2) is 0 Å². The quantitative estimate of drug-likeness (QED) is 0.775. The number of anilines is 1. The van der Waals surface area contributed by atoms with Gasteiger partial charge in [0.1, 0.15) is 22.7 Å². The molecule has 0 spiro atoms. The molecule has 4 nitrogen and oxygen atoms in total. The number of aromatic nitrogens is 1. The van der Waals surface area contributed by atoms with E-state index in [1.807, 2.05) is 36.4 Å². The summed E-state index contributed by atoms with van der Waals surface area (Å²) >= 11 is 0. The second-order valence-electron chi connectivity index (χ2n) is 6.44. The van der Waals surface area contributed by atoms with Crippen LogP contribution in [-0.2, 0) is 6.42 Å². The zero-order valence-corrected chi connectivity index (χ0v) is 13.5. The smallest absolute Gasteiger partial charge is 0.146 e. The fraction of sp³-hybridized carbons (Fsp3) is 0.250. The molecule has 3 aromatic rings. The molecular weight excluding hydrogens is 298 g/mol. The molecule has 24 heavy (non-hydrogen) atoms. The Morgan fingerprint density at radius 1 is 1.04 bits per heavy atom. The predicted octanol–water partition coefficient (Wildman–Crippen LogP) is 3.17. The van der Waals surface area contributed by atoms with E-state index in [1.165, 1.54) is 5.56 Å². The number of rotatable bonds is 4. The van der Waals surface area contributed by atoms with Crippen LogP contribution in [0.1, 0.15) is 12.0 Å². The summed E-state index contributed by atoms with van der Waals surface area (Å²) in [6, 6.07) is 20.3. The zero-order chi connectivity index (χ0) is 16.4. The van der Waals surface area contributed by atoms with Crippen molar-refractivity contribution in [1.82, 2.24) is 10.3 Å². The number of ether oxygens (including phenoxy) is 1. The SMILES string of the molecule is Nc1ccc2cccc(O[C@@]3(Cc4ccccc4)CCNC3)c2n1. The summed E-state index contributed by atoms with van der Waals surface area (Å²) in [6.07, 6.45) is 1.85. The Hall–Kier alpha value is -2.59. The highest BCUT2D eigenvalue weighted by Crippen LogP contribution is 2.32. The van der Waals surface area contributed by atoms with Gasteiger partial charge in [0.2, 0.25) is 0 Å². The Morgan fingerprint density at radius 3 is 2.71 bits per heavy atom. The Morgan fingerprint density at radius 2 is 1.92 bits per heavy atom. The lowest BCUT2D eigenvalue weighted by Gasteiger charge is -2.30. The van der Waals surface area contributed by atoms with Crippen molar-refractivity contribution in [1.29, 1.82) is 0 Å². The summed E-state index contributed by atoms with van der Waals surface area (Å²) in [7, 11) is 0. The highest BCUT2D eigenvalue weighted by molar-refractivity contribution is 5.85. The number of nitrogens with zero attached hydrogens (tertiary/aromatic N) is 1. The van der Waals surface area contributed by atoms with Crippen LogP contribution < -0.4 is 15.8 Å². The fourth-order valence-electron chi connectivity index (χ4n) is 3.41. The average Bonchev–Trinajstić information content (AvgIpc) is 3.04. The van der Waals surface area contributed by atoms with E-state index in [2.05, 4.69) is 34.6 Å². The zero-order valence-electron chi connectivity index (χ0n) is 13.5. The van der Waals surface area contributed by atoms with Gasteiger partial charge >= 0.3 is 0 Å². The Bertz CT molecular complexity index is 842. The molecular formula is C20H21N3O. The van der Waals surface area contributed by atoms with Crippen molar-refractivity contribution in [2.75, 3.05) is 18.8 Å². The van der Waals surface area contributed by atoms with Crippen LogP contribution in [-0.4, -0.2) is 23.7 Å². The lowest BCUT2D eigenvalue weighted by molar-refractivity contribution is 0.0920. The molecule has 4 heteroatoms. The third-order valence-corrected chi connectivity index (χ3v) is 4.60. The van der Waals surface area contributed by atoms with Gasteiger partial charge < -0.3 is 15.8 Å². The molecule has 1 aliphatic heterocycles. The molecule has 3 N–H and O–H groups in total. The molecule has 2 aromatic carbocycles. The number of para-hydroxylation sites is 1. The lowest BCUT2D eigenvalue weighted by atomic mass is 9.93. The topological polar surface area (TPSA) is 60.2 Å². The first-order valence-electron chi connectivity index (χ1n) is 8.33. The monoisotopic (exact) mass is 319 g/mol. The van der Waals surface area contributed by atoms with Gasteiger partial charge in [0, 0.05) is 24.8 Å². The summed E-state index contributed by atoms with van der Waals surface area (Å²) < 4.78 is 6.55. The van der Waals surface area contributed by atoms with Crippen molar-refractivity contribution < 1.29 is 4.74 Å². The van der Waals surface area contributed by atoms with Crippen molar-refractivity contribution in [3.05, 3.63) is 66.2 Å². The van der Waals surface area contributed by atoms with Gasteiger partial charge in [-0.2, -0.15) is 0 Å². The minimum absolute atomic E-state index is 0.248. The van der Waals surface area contributed by atoms with Crippen LogP contribution in [0.2, 0.25) is 0 Å². The van der Waals surface area contributed by atoms with Crippen LogP contribution in [0.15, 0.2) is 60.7 Å². The number of fused-ring (bicyclic) bond motifs is 1. The molecule has 0 saturated carbocycles. The Labute approximate surface area is 141 Å². The minimum Gasteiger partial charge on any atom is -0.483 e. The van der Waals surface area contributed by atoms with Crippen molar-refractivity contribution in [3.8, 4) is 5.75 Å². The molecule has 1 atom stereocenters. The summed E-state index contributed by atoms with van der Waals surface area (Å²) in [5, 5.41) is 4.49. The number of benzene rings is 2. The largest absolute Gasteiger partial charge is 0.483 e. The van der Waals surface area contributed by atoms with E-state index in [-0.39, 0.29) is 5.60 Å². The minimum atomic E-state index is -0.248. The standard InChI is InChI=1S/C20H21N3O/c21-18-10-9-16-7-4-8-17(19(16)23-18)24-20(11-12-22-14-20)13-15-5-2-1-3-6-15/h1-10,22H,11-14H2,(H2,21,23)/t20-/m1/s1. The van der Waals surface area contributed by atoms with Gasteiger partial charge in [0.25, 0.3) is 0 Å². The van der Waals surface area contributed by atoms with Crippen LogP contribution in [0.5, 0.6) is 5.75 Å². The van der Waals surface area contributed by atoms with E-state index in [9.17, 15) is 0 Å². The molecule has 0 unspecified atom stereocenters. The van der Waals surface area contributed by atoms with Gasteiger partial charge in [-0.1, -0.05) is 42.5 Å². The van der Waals surface area contributed by atoms with Crippen LogP contribution >= 0.6 is 0 Å². The fourth-order valence-corrected chi connectivity index (χ4v) is 3.41. The molecule has 0 amide bonds. The maximum absolute atomic E-state index is 6.55. The summed E-state index contributed by atoms with van der Waals surface area (Å²) in [6.45, 7) is 1.80. The van der Waals surface area contributed by atoms with Crippen molar-refractivity contribution >= 4 is 16.7 Å². The third-order valence-electron chi connectivity index (χ3n) is 4.60. The van der Waals surface area contributed by atoms with Gasteiger partial charge in [0.05, 0.1) is 0 Å². The summed E-state index contributed by atoms with van der Waals surface area (Å²) in [5.74, 6) is 1.32. The molecule has 2 heterocycles. The van der Waals surface area contributed by atoms with E-state index in [0.717, 1.165) is 42.6 Å². The van der Waals surface area contributed by atoms with E-state index in [1.54, 1.807) is 0 Å². The van der Waals surface area contributed by atoms with Gasteiger partial charge in [-0.15, -0.1) is 0 Å². The molecule has 4 rings (SSSR count). The Balaban J connectivity index is 1.70. The number of hydrogen-bond acceptors (Lipinski definition) is 4. The molecule has 1 aromatic heterocycles.